The van der Waals surface area contributed by atoms with Gasteiger partial charge < -0.3 is 5.32 Å². The molecule has 2 rings (SSSR count). The summed E-state index contributed by atoms with van der Waals surface area (Å²) in [5, 5.41) is 3.87. The van der Waals surface area contributed by atoms with E-state index in [9.17, 15) is 4.39 Å². The SMILES string of the molecule is CCCNC1CCCC(Cc2ccc(F)c(Cl)c2)C1. The van der Waals surface area contributed by atoms with Gasteiger partial charge in [-0.1, -0.05) is 37.4 Å². The van der Waals surface area contributed by atoms with E-state index >= 15 is 0 Å². The van der Waals surface area contributed by atoms with Crippen molar-refractivity contribution in [3.63, 3.8) is 0 Å². The van der Waals surface area contributed by atoms with Crippen molar-refractivity contribution in [1.82, 2.24) is 5.32 Å². The fourth-order valence-corrected chi connectivity index (χ4v) is 3.21. The largest absolute Gasteiger partial charge is 0.314 e. The Balaban J connectivity index is 1.89. The molecular weight excluding hydrogens is 261 g/mol. The second-order valence-corrected chi connectivity index (χ2v) is 6.04. The average molecular weight is 284 g/mol. The smallest absolute Gasteiger partial charge is 0.141 e. The first-order valence-electron chi connectivity index (χ1n) is 7.36. The summed E-state index contributed by atoms with van der Waals surface area (Å²) in [5.74, 6) is 0.376. The van der Waals surface area contributed by atoms with Gasteiger partial charge in [-0.15, -0.1) is 0 Å². The Labute approximate surface area is 120 Å². The van der Waals surface area contributed by atoms with Gasteiger partial charge >= 0.3 is 0 Å². The van der Waals surface area contributed by atoms with Crippen LogP contribution in [0.25, 0.3) is 0 Å². The maximum atomic E-state index is 13.1. The highest BCUT2D eigenvalue weighted by molar-refractivity contribution is 6.30. The van der Waals surface area contributed by atoms with Gasteiger partial charge in [-0.3, -0.25) is 0 Å². The molecule has 1 nitrogen and oxygen atoms in total. The van der Waals surface area contributed by atoms with Crippen LogP contribution in [0.2, 0.25) is 5.02 Å². The Morgan fingerprint density at radius 2 is 2.21 bits per heavy atom. The van der Waals surface area contributed by atoms with Gasteiger partial charge in [0.1, 0.15) is 5.82 Å². The quantitative estimate of drug-likeness (QED) is 0.834. The average Bonchev–Trinajstić information content (AvgIpc) is 2.41. The van der Waals surface area contributed by atoms with Gasteiger partial charge in [0.15, 0.2) is 0 Å². The molecule has 1 aromatic carbocycles. The lowest BCUT2D eigenvalue weighted by Gasteiger charge is -2.30. The Bertz CT molecular complexity index is 408. The fourth-order valence-electron chi connectivity index (χ4n) is 3.01. The third-order valence-electron chi connectivity index (χ3n) is 3.97. The third-order valence-corrected chi connectivity index (χ3v) is 4.26. The van der Waals surface area contributed by atoms with Crippen molar-refractivity contribution in [3.8, 4) is 0 Å². The molecule has 2 unspecified atom stereocenters. The Kier molecular flexibility index (Phi) is 5.65. The van der Waals surface area contributed by atoms with Crippen LogP contribution in [-0.2, 0) is 6.42 Å². The van der Waals surface area contributed by atoms with Crippen molar-refractivity contribution < 1.29 is 4.39 Å². The molecule has 3 heteroatoms. The zero-order chi connectivity index (χ0) is 13.7. The minimum Gasteiger partial charge on any atom is -0.314 e. The minimum absolute atomic E-state index is 0.244. The van der Waals surface area contributed by atoms with E-state index in [-0.39, 0.29) is 10.8 Å². The van der Waals surface area contributed by atoms with Gasteiger partial charge in [-0.05, 0) is 55.8 Å². The van der Waals surface area contributed by atoms with E-state index in [1.165, 1.54) is 38.2 Å². The Morgan fingerprint density at radius 3 is 2.95 bits per heavy atom. The van der Waals surface area contributed by atoms with Crippen LogP contribution >= 0.6 is 11.6 Å². The maximum Gasteiger partial charge on any atom is 0.141 e. The molecule has 2 atom stereocenters. The van der Waals surface area contributed by atoms with Crippen LogP contribution in [0.1, 0.15) is 44.6 Å². The van der Waals surface area contributed by atoms with Crippen LogP contribution in [0.15, 0.2) is 18.2 Å². The summed E-state index contributed by atoms with van der Waals surface area (Å²) < 4.78 is 13.1. The predicted octanol–water partition coefficient (Wildman–Crippen LogP) is 4.58. The van der Waals surface area contributed by atoms with Gasteiger partial charge in [-0.2, -0.15) is 0 Å². The van der Waals surface area contributed by atoms with Crippen LogP contribution < -0.4 is 5.32 Å². The molecule has 0 aliphatic heterocycles. The molecule has 0 bridgehead atoms. The molecule has 106 valence electrons. The second kappa shape index (κ2) is 7.25. The molecule has 0 saturated heterocycles. The van der Waals surface area contributed by atoms with Crippen molar-refractivity contribution in [3.05, 3.63) is 34.6 Å². The highest BCUT2D eigenvalue weighted by Crippen LogP contribution is 2.28. The van der Waals surface area contributed by atoms with E-state index in [1.54, 1.807) is 6.07 Å². The first-order chi connectivity index (χ1) is 9.19. The molecule has 0 amide bonds. The first kappa shape index (κ1) is 14.8. The third kappa shape index (κ3) is 4.47. The van der Waals surface area contributed by atoms with E-state index in [1.807, 2.05) is 6.07 Å². The van der Waals surface area contributed by atoms with Crippen molar-refractivity contribution in [2.75, 3.05) is 6.54 Å². The van der Waals surface area contributed by atoms with Gasteiger partial charge in [0.25, 0.3) is 0 Å². The van der Waals surface area contributed by atoms with Gasteiger partial charge in [0.05, 0.1) is 5.02 Å². The zero-order valence-corrected chi connectivity index (χ0v) is 12.3. The van der Waals surface area contributed by atoms with Gasteiger partial charge in [-0.25, -0.2) is 4.39 Å². The molecule has 0 spiro atoms. The molecule has 1 saturated carbocycles. The summed E-state index contributed by atoms with van der Waals surface area (Å²) >= 11 is 5.84. The fraction of sp³-hybridized carbons (Fsp3) is 0.625. The molecule has 1 aliphatic rings. The summed E-state index contributed by atoms with van der Waals surface area (Å²) in [4.78, 5) is 0. The lowest BCUT2D eigenvalue weighted by atomic mass is 9.82. The number of hydrogen-bond donors (Lipinski definition) is 1. The van der Waals surface area contributed by atoms with E-state index in [4.69, 9.17) is 11.6 Å². The minimum atomic E-state index is -0.323. The molecule has 1 fully saturated rings. The molecule has 1 aliphatic carbocycles. The highest BCUT2D eigenvalue weighted by Gasteiger charge is 2.21. The second-order valence-electron chi connectivity index (χ2n) is 5.64. The van der Waals surface area contributed by atoms with E-state index in [2.05, 4.69) is 12.2 Å². The number of hydrogen-bond acceptors (Lipinski definition) is 1. The van der Waals surface area contributed by atoms with Crippen LogP contribution in [0.5, 0.6) is 0 Å². The topological polar surface area (TPSA) is 12.0 Å². The number of nitrogens with one attached hydrogen (secondary N) is 1. The standard InChI is InChI=1S/C16H23ClFN/c1-2-8-19-14-5-3-4-12(10-14)9-13-6-7-16(18)15(17)11-13/h6-7,11-12,14,19H,2-5,8-10H2,1H3. The van der Waals surface area contributed by atoms with E-state index in [0.717, 1.165) is 18.5 Å². The summed E-state index contributed by atoms with van der Waals surface area (Å²) in [6.07, 6.45) is 7.30. The predicted molar refractivity (Wildman–Crippen MR) is 79.2 cm³/mol. The van der Waals surface area contributed by atoms with Crippen molar-refractivity contribution >= 4 is 11.6 Å². The monoisotopic (exact) mass is 283 g/mol. The highest BCUT2D eigenvalue weighted by atomic mass is 35.5. The lowest BCUT2D eigenvalue weighted by molar-refractivity contribution is 0.284. The number of halogens is 2. The Hall–Kier alpha value is -0.600. The van der Waals surface area contributed by atoms with Crippen LogP contribution in [0.3, 0.4) is 0 Å². The number of benzene rings is 1. The lowest BCUT2D eigenvalue weighted by Crippen LogP contribution is -2.35. The van der Waals surface area contributed by atoms with Gasteiger partial charge in [0.2, 0.25) is 0 Å². The van der Waals surface area contributed by atoms with Crippen molar-refractivity contribution in [2.24, 2.45) is 5.92 Å². The molecule has 19 heavy (non-hydrogen) atoms. The summed E-state index contributed by atoms with van der Waals surface area (Å²) in [6.45, 7) is 3.31. The first-order valence-corrected chi connectivity index (χ1v) is 7.74. The molecular formula is C16H23ClFN. The summed E-state index contributed by atoms with van der Waals surface area (Å²) in [7, 11) is 0. The maximum absolute atomic E-state index is 13.1. The summed E-state index contributed by atoms with van der Waals surface area (Å²) in [6, 6.07) is 5.78. The summed E-state index contributed by atoms with van der Waals surface area (Å²) in [5.41, 5.74) is 1.16. The zero-order valence-electron chi connectivity index (χ0n) is 11.6. The van der Waals surface area contributed by atoms with Gasteiger partial charge in [0, 0.05) is 6.04 Å². The van der Waals surface area contributed by atoms with Crippen LogP contribution in [0.4, 0.5) is 4.39 Å². The molecule has 0 radical (unpaired) electrons. The van der Waals surface area contributed by atoms with Crippen molar-refractivity contribution in [2.45, 2.75) is 51.5 Å². The van der Waals surface area contributed by atoms with Crippen LogP contribution in [-0.4, -0.2) is 12.6 Å². The molecule has 0 aromatic heterocycles. The van der Waals surface area contributed by atoms with Crippen LogP contribution in [0, 0.1) is 11.7 Å². The van der Waals surface area contributed by atoms with E-state index < -0.39 is 0 Å². The molecule has 0 heterocycles. The molecule has 1 N–H and O–H groups in total. The normalized spacial score (nSPS) is 23.5. The number of rotatable bonds is 5. The molecule has 1 aromatic rings. The Morgan fingerprint density at radius 1 is 1.37 bits per heavy atom. The van der Waals surface area contributed by atoms with Crippen molar-refractivity contribution in [1.29, 1.82) is 0 Å². The van der Waals surface area contributed by atoms with E-state index in [0.29, 0.717) is 12.0 Å².